The van der Waals surface area contributed by atoms with Crippen LogP contribution in [0.15, 0.2) is 36.5 Å². The van der Waals surface area contributed by atoms with Gasteiger partial charge < -0.3 is 14.6 Å². The average molecular weight is 731 g/mol. The molecule has 0 spiro atoms. The third-order valence-electron chi connectivity index (χ3n) is 10.2. The SMILES string of the molecule is CCCCCCC/C=C\C/C=C\C/C=C\CCCCCCCCC(=O)OC(CO)COCCCCCCCCCCCCCCCCCCCCC. The number of carbonyl (C=O) groups excluding carboxylic acids is 1. The summed E-state index contributed by atoms with van der Waals surface area (Å²) in [5.41, 5.74) is 0. The molecule has 0 aliphatic heterocycles. The molecule has 0 radical (unpaired) electrons. The van der Waals surface area contributed by atoms with Crippen molar-refractivity contribution < 1.29 is 19.4 Å². The van der Waals surface area contributed by atoms with Crippen molar-refractivity contribution in [2.24, 2.45) is 0 Å². The number of ether oxygens (including phenoxy) is 2. The zero-order chi connectivity index (χ0) is 37.7. The molecule has 0 saturated heterocycles. The van der Waals surface area contributed by atoms with Crippen LogP contribution in [0.1, 0.15) is 239 Å². The molecule has 0 fully saturated rings. The summed E-state index contributed by atoms with van der Waals surface area (Å²) in [6, 6.07) is 0. The third kappa shape index (κ3) is 43.0. The van der Waals surface area contributed by atoms with Gasteiger partial charge in [-0.3, -0.25) is 4.79 Å². The van der Waals surface area contributed by atoms with Crippen LogP contribution in [0.25, 0.3) is 0 Å². The first-order valence-corrected chi connectivity index (χ1v) is 23.1. The molecular weight excluding hydrogens is 641 g/mol. The van der Waals surface area contributed by atoms with E-state index in [0.717, 1.165) is 44.9 Å². The Morgan fingerprint density at radius 2 is 0.808 bits per heavy atom. The van der Waals surface area contributed by atoms with Crippen molar-refractivity contribution in [3.63, 3.8) is 0 Å². The summed E-state index contributed by atoms with van der Waals surface area (Å²) in [7, 11) is 0. The molecule has 0 aliphatic rings. The molecule has 0 aromatic carbocycles. The van der Waals surface area contributed by atoms with E-state index >= 15 is 0 Å². The monoisotopic (exact) mass is 731 g/mol. The number of hydrogen-bond acceptors (Lipinski definition) is 4. The molecule has 1 atom stereocenters. The molecule has 0 aromatic rings. The van der Waals surface area contributed by atoms with Crippen molar-refractivity contribution in [1.29, 1.82) is 0 Å². The van der Waals surface area contributed by atoms with Crippen LogP contribution in [0.5, 0.6) is 0 Å². The molecule has 0 rings (SSSR count). The highest BCUT2D eigenvalue weighted by Crippen LogP contribution is 2.15. The maximum Gasteiger partial charge on any atom is 0.306 e. The van der Waals surface area contributed by atoms with E-state index in [9.17, 15) is 9.90 Å². The molecule has 0 aliphatic carbocycles. The highest BCUT2D eigenvalue weighted by atomic mass is 16.6. The van der Waals surface area contributed by atoms with E-state index in [1.807, 2.05) is 0 Å². The van der Waals surface area contributed by atoms with Gasteiger partial charge in [0.1, 0.15) is 6.10 Å². The van der Waals surface area contributed by atoms with Gasteiger partial charge in [0.05, 0.1) is 13.2 Å². The second-order valence-corrected chi connectivity index (χ2v) is 15.5. The number of unbranched alkanes of at least 4 members (excludes halogenated alkanes) is 29. The van der Waals surface area contributed by atoms with Gasteiger partial charge in [0, 0.05) is 13.0 Å². The lowest BCUT2D eigenvalue weighted by atomic mass is 10.0. The van der Waals surface area contributed by atoms with Crippen LogP contribution in [-0.4, -0.2) is 37.0 Å². The normalized spacial score (nSPS) is 12.6. The van der Waals surface area contributed by atoms with Crippen LogP contribution in [-0.2, 0) is 14.3 Å². The van der Waals surface area contributed by atoms with Crippen LogP contribution in [0.4, 0.5) is 0 Å². The molecular formula is C48H90O4. The average Bonchev–Trinajstić information content (AvgIpc) is 3.15. The maximum atomic E-state index is 12.2. The van der Waals surface area contributed by atoms with Crippen molar-refractivity contribution in [2.45, 2.75) is 245 Å². The lowest BCUT2D eigenvalue weighted by Crippen LogP contribution is -2.27. The van der Waals surface area contributed by atoms with E-state index in [0.29, 0.717) is 19.6 Å². The number of hydrogen-bond donors (Lipinski definition) is 1. The van der Waals surface area contributed by atoms with E-state index < -0.39 is 6.10 Å². The van der Waals surface area contributed by atoms with Crippen LogP contribution in [0.3, 0.4) is 0 Å². The van der Waals surface area contributed by atoms with Gasteiger partial charge in [-0.05, 0) is 51.4 Å². The Morgan fingerprint density at radius 1 is 0.462 bits per heavy atom. The second-order valence-electron chi connectivity index (χ2n) is 15.5. The molecule has 1 unspecified atom stereocenters. The topological polar surface area (TPSA) is 55.8 Å². The maximum absolute atomic E-state index is 12.2. The van der Waals surface area contributed by atoms with Crippen molar-refractivity contribution in [2.75, 3.05) is 19.8 Å². The zero-order valence-corrected chi connectivity index (χ0v) is 35.1. The van der Waals surface area contributed by atoms with Crippen LogP contribution in [0.2, 0.25) is 0 Å². The lowest BCUT2D eigenvalue weighted by molar-refractivity contribution is -0.154. The molecule has 0 amide bonds. The molecule has 0 saturated carbocycles. The third-order valence-corrected chi connectivity index (χ3v) is 10.2. The number of allylic oxidation sites excluding steroid dienone is 6. The summed E-state index contributed by atoms with van der Waals surface area (Å²) in [4.78, 5) is 12.2. The number of rotatable bonds is 43. The smallest absolute Gasteiger partial charge is 0.306 e. The van der Waals surface area contributed by atoms with E-state index in [2.05, 4.69) is 50.3 Å². The Labute approximate surface area is 325 Å². The number of esters is 1. The van der Waals surface area contributed by atoms with E-state index in [-0.39, 0.29) is 12.6 Å². The van der Waals surface area contributed by atoms with Crippen molar-refractivity contribution >= 4 is 5.97 Å². The summed E-state index contributed by atoms with van der Waals surface area (Å²) in [6.45, 7) is 5.36. The Kier molecular flexibility index (Phi) is 44.5. The molecule has 1 N–H and O–H groups in total. The predicted octanol–water partition coefficient (Wildman–Crippen LogP) is 15.3. The van der Waals surface area contributed by atoms with E-state index in [1.54, 1.807) is 0 Å². The summed E-state index contributed by atoms with van der Waals surface area (Å²) >= 11 is 0. The standard InChI is InChI=1S/C48H90O4/c1-3-5-7-9-11-13-15-17-19-21-23-24-25-27-29-31-33-35-37-39-41-43-48(50)52-47(45-49)46-51-44-42-40-38-36-34-32-30-28-26-22-20-18-16-14-12-10-8-6-4-2/h15,17,21,23,25,27,47,49H,3-14,16,18-20,22,24,26,28-46H2,1-2H3/b17-15-,23-21-,27-25-. The fraction of sp³-hybridized carbons (Fsp3) is 0.854. The first-order valence-electron chi connectivity index (χ1n) is 23.1. The van der Waals surface area contributed by atoms with E-state index in [4.69, 9.17) is 9.47 Å². The minimum atomic E-state index is -0.539. The van der Waals surface area contributed by atoms with E-state index in [1.165, 1.54) is 173 Å². The van der Waals surface area contributed by atoms with Crippen LogP contribution >= 0.6 is 0 Å². The Morgan fingerprint density at radius 3 is 1.21 bits per heavy atom. The van der Waals surface area contributed by atoms with Crippen molar-refractivity contribution in [3.8, 4) is 0 Å². The number of carbonyl (C=O) groups is 1. The van der Waals surface area contributed by atoms with Gasteiger partial charge in [0.25, 0.3) is 0 Å². The molecule has 0 heterocycles. The summed E-state index contributed by atoms with van der Waals surface area (Å²) in [5.74, 6) is -0.209. The quantitative estimate of drug-likeness (QED) is 0.0385. The number of aliphatic hydroxyl groups is 1. The highest BCUT2D eigenvalue weighted by Gasteiger charge is 2.13. The summed E-state index contributed by atoms with van der Waals surface area (Å²) in [6.07, 6.45) is 57.8. The van der Waals surface area contributed by atoms with Gasteiger partial charge in [-0.2, -0.15) is 0 Å². The molecule has 0 aromatic heterocycles. The summed E-state index contributed by atoms with van der Waals surface area (Å²) < 4.78 is 11.2. The second kappa shape index (κ2) is 45.8. The first kappa shape index (κ1) is 50.6. The van der Waals surface area contributed by atoms with Gasteiger partial charge >= 0.3 is 5.97 Å². The predicted molar refractivity (Wildman–Crippen MR) is 228 cm³/mol. The van der Waals surface area contributed by atoms with Crippen LogP contribution < -0.4 is 0 Å². The van der Waals surface area contributed by atoms with Gasteiger partial charge in [0.2, 0.25) is 0 Å². The number of aliphatic hydroxyl groups excluding tert-OH is 1. The van der Waals surface area contributed by atoms with Gasteiger partial charge in [-0.25, -0.2) is 0 Å². The largest absolute Gasteiger partial charge is 0.457 e. The first-order chi connectivity index (χ1) is 25.7. The van der Waals surface area contributed by atoms with Crippen molar-refractivity contribution in [1.82, 2.24) is 0 Å². The molecule has 0 bridgehead atoms. The summed E-state index contributed by atoms with van der Waals surface area (Å²) in [5, 5.41) is 9.62. The molecule has 4 nitrogen and oxygen atoms in total. The molecule has 306 valence electrons. The van der Waals surface area contributed by atoms with Gasteiger partial charge in [0.15, 0.2) is 0 Å². The van der Waals surface area contributed by atoms with Crippen LogP contribution in [0, 0.1) is 0 Å². The van der Waals surface area contributed by atoms with Crippen molar-refractivity contribution in [3.05, 3.63) is 36.5 Å². The Bertz CT molecular complexity index is 772. The Balaban J connectivity index is 3.43. The fourth-order valence-corrected chi connectivity index (χ4v) is 6.75. The Hall–Kier alpha value is -1.39. The fourth-order valence-electron chi connectivity index (χ4n) is 6.75. The molecule has 4 heteroatoms. The van der Waals surface area contributed by atoms with Gasteiger partial charge in [-0.15, -0.1) is 0 Å². The lowest BCUT2D eigenvalue weighted by Gasteiger charge is -2.16. The minimum Gasteiger partial charge on any atom is -0.457 e. The van der Waals surface area contributed by atoms with Gasteiger partial charge in [-0.1, -0.05) is 217 Å². The minimum absolute atomic E-state index is 0.174. The highest BCUT2D eigenvalue weighted by molar-refractivity contribution is 5.69. The molecule has 52 heavy (non-hydrogen) atoms. The zero-order valence-electron chi connectivity index (χ0n) is 35.1.